The van der Waals surface area contributed by atoms with E-state index in [0.717, 1.165) is 15.9 Å². The maximum Gasteiger partial charge on any atom is 0.110 e. The fourth-order valence-corrected chi connectivity index (χ4v) is 1.42. The topological polar surface area (TPSA) is 41.6 Å². The number of nitrogens with one attached hydrogen (secondary N) is 1. The SMILES string of the molecule is Brc1[nH]cnc1-c1cccnc1. The molecule has 60 valence electrons. The zero-order valence-electron chi connectivity index (χ0n) is 6.16. The molecule has 2 aromatic heterocycles. The zero-order chi connectivity index (χ0) is 8.39. The fourth-order valence-electron chi connectivity index (χ4n) is 0.983. The fraction of sp³-hybridized carbons (Fsp3) is 0. The van der Waals surface area contributed by atoms with Crippen LogP contribution in [0.3, 0.4) is 0 Å². The molecule has 0 unspecified atom stereocenters. The van der Waals surface area contributed by atoms with Crippen molar-refractivity contribution in [1.82, 2.24) is 15.0 Å². The standard InChI is InChI=1S/C8H6BrN3/c9-8-7(11-5-12-8)6-2-1-3-10-4-6/h1-5H,(H,11,12). The van der Waals surface area contributed by atoms with Crippen LogP contribution in [0.1, 0.15) is 0 Å². The minimum absolute atomic E-state index is 0.885. The smallest absolute Gasteiger partial charge is 0.110 e. The van der Waals surface area contributed by atoms with Crippen molar-refractivity contribution in [1.29, 1.82) is 0 Å². The predicted octanol–water partition coefficient (Wildman–Crippen LogP) is 2.23. The van der Waals surface area contributed by atoms with Gasteiger partial charge in [0, 0.05) is 18.0 Å². The van der Waals surface area contributed by atoms with Gasteiger partial charge >= 0.3 is 0 Å². The van der Waals surface area contributed by atoms with Crippen LogP contribution < -0.4 is 0 Å². The molecule has 0 fully saturated rings. The van der Waals surface area contributed by atoms with Gasteiger partial charge in [0.15, 0.2) is 0 Å². The Kier molecular flexibility index (Phi) is 1.91. The monoisotopic (exact) mass is 223 g/mol. The van der Waals surface area contributed by atoms with E-state index in [4.69, 9.17) is 0 Å². The van der Waals surface area contributed by atoms with Gasteiger partial charge in [-0.15, -0.1) is 0 Å². The van der Waals surface area contributed by atoms with Crippen LogP contribution in [-0.2, 0) is 0 Å². The highest BCUT2D eigenvalue weighted by Gasteiger charge is 2.03. The van der Waals surface area contributed by atoms with Gasteiger partial charge in [-0.1, -0.05) is 0 Å². The molecule has 0 aliphatic rings. The van der Waals surface area contributed by atoms with Crippen LogP contribution in [0.25, 0.3) is 11.3 Å². The molecule has 4 heteroatoms. The summed E-state index contributed by atoms with van der Waals surface area (Å²) in [6.07, 6.45) is 5.16. The van der Waals surface area contributed by atoms with E-state index in [1.165, 1.54) is 0 Å². The molecule has 0 amide bonds. The van der Waals surface area contributed by atoms with Crippen LogP contribution >= 0.6 is 15.9 Å². The van der Waals surface area contributed by atoms with Gasteiger partial charge in [0.2, 0.25) is 0 Å². The first-order valence-electron chi connectivity index (χ1n) is 3.47. The van der Waals surface area contributed by atoms with E-state index in [1.807, 2.05) is 12.1 Å². The maximum absolute atomic E-state index is 4.14. The lowest BCUT2D eigenvalue weighted by atomic mass is 10.2. The lowest BCUT2D eigenvalue weighted by Gasteiger charge is -1.94. The van der Waals surface area contributed by atoms with Crippen LogP contribution in [0.4, 0.5) is 0 Å². The Balaban J connectivity index is 2.51. The quantitative estimate of drug-likeness (QED) is 0.806. The molecular weight excluding hydrogens is 218 g/mol. The van der Waals surface area contributed by atoms with Crippen molar-refractivity contribution in [3.63, 3.8) is 0 Å². The van der Waals surface area contributed by atoms with Gasteiger partial charge in [-0.25, -0.2) is 4.98 Å². The van der Waals surface area contributed by atoms with Crippen LogP contribution in [-0.4, -0.2) is 15.0 Å². The van der Waals surface area contributed by atoms with Gasteiger partial charge in [0.05, 0.1) is 6.33 Å². The first kappa shape index (κ1) is 7.49. The summed E-state index contributed by atoms with van der Waals surface area (Å²) in [7, 11) is 0. The third kappa shape index (κ3) is 1.25. The summed E-state index contributed by atoms with van der Waals surface area (Å²) in [5, 5.41) is 0. The molecule has 0 aliphatic carbocycles. The molecule has 2 aromatic rings. The second-order valence-corrected chi connectivity index (χ2v) is 3.10. The number of aromatic nitrogens is 3. The number of H-pyrrole nitrogens is 1. The first-order chi connectivity index (χ1) is 5.88. The molecule has 0 saturated carbocycles. The summed E-state index contributed by atoms with van der Waals surface area (Å²) in [5.74, 6) is 0. The zero-order valence-corrected chi connectivity index (χ0v) is 7.75. The van der Waals surface area contributed by atoms with Gasteiger partial charge in [-0.3, -0.25) is 4.98 Å². The average Bonchev–Trinajstić information content (AvgIpc) is 2.53. The highest BCUT2D eigenvalue weighted by molar-refractivity contribution is 9.10. The second-order valence-electron chi connectivity index (χ2n) is 2.31. The summed E-state index contributed by atoms with van der Waals surface area (Å²) in [4.78, 5) is 11.1. The lowest BCUT2D eigenvalue weighted by molar-refractivity contribution is 1.29. The number of rotatable bonds is 1. The van der Waals surface area contributed by atoms with Crippen molar-refractivity contribution in [3.05, 3.63) is 35.5 Å². The summed E-state index contributed by atoms with van der Waals surface area (Å²) in [6.45, 7) is 0. The summed E-state index contributed by atoms with van der Waals surface area (Å²) < 4.78 is 0.885. The van der Waals surface area contributed by atoms with Gasteiger partial charge in [-0.2, -0.15) is 0 Å². The molecule has 2 heterocycles. The Morgan fingerprint density at radius 1 is 1.42 bits per heavy atom. The number of nitrogens with zero attached hydrogens (tertiary/aromatic N) is 2. The molecule has 0 radical (unpaired) electrons. The summed E-state index contributed by atoms with van der Waals surface area (Å²) in [5.41, 5.74) is 1.90. The van der Waals surface area contributed by atoms with E-state index in [2.05, 4.69) is 30.9 Å². The number of hydrogen-bond donors (Lipinski definition) is 1. The van der Waals surface area contributed by atoms with E-state index < -0.39 is 0 Å². The van der Waals surface area contributed by atoms with Crippen molar-refractivity contribution in [3.8, 4) is 11.3 Å². The van der Waals surface area contributed by atoms with Crippen molar-refractivity contribution in [2.45, 2.75) is 0 Å². The molecule has 0 aliphatic heterocycles. The van der Waals surface area contributed by atoms with E-state index >= 15 is 0 Å². The maximum atomic E-state index is 4.14. The molecule has 12 heavy (non-hydrogen) atoms. The average molecular weight is 224 g/mol. The number of hydrogen-bond acceptors (Lipinski definition) is 2. The third-order valence-corrected chi connectivity index (χ3v) is 2.13. The molecule has 2 rings (SSSR count). The Morgan fingerprint density at radius 3 is 2.92 bits per heavy atom. The second kappa shape index (κ2) is 3.06. The molecular formula is C8H6BrN3. The van der Waals surface area contributed by atoms with Crippen molar-refractivity contribution >= 4 is 15.9 Å². The van der Waals surface area contributed by atoms with Crippen LogP contribution in [0.5, 0.6) is 0 Å². The Hall–Kier alpha value is -1.16. The van der Waals surface area contributed by atoms with E-state index in [9.17, 15) is 0 Å². The molecule has 1 N–H and O–H groups in total. The van der Waals surface area contributed by atoms with E-state index in [1.54, 1.807) is 18.7 Å². The number of halogens is 1. The largest absolute Gasteiger partial charge is 0.339 e. The molecule has 0 bridgehead atoms. The minimum Gasteiger partial charge on any atom is -0.339 e. The van der Waals surface area contributed by atoms with Crippen molar-refractivity contribution < 1.29 is 0 Å². The molecule has 0 saturated heterocycles. The van der Waals surface area contributed by atoms with Gasteiger partial charge in [0.1, 0.15) is 10.3 Å². The molecule has 0 atom stereocenters. The summed E-state index contributed by atoms with van der Waals surface area (Å²) >= 11 is 3.36. The van der Waals surface area contributed by atoms with Crippen LogP contribution in [0.2, 0.25) is 0 Å². The van der Waals surface area contributed by atoms with Crippen molar-refractivity contribution in [2.75, 3.05) is 0 Å². The normalized spacial score (nSPS) is 10.1. The van der Waals surface area contributed by atoms with Crippen LogP contribution in [0.15, 0.2) is 35.5 Å². The Morgan fingerprint density at radius 2 is 2.33 bits per heavy atom. The van der Waals surface area contributed by atoms with Gasteiger partial charge < -0.3 is 4.98 Å². The van der Waals surface area contributed by atoms with E-state index in [0.29, 0.717) is 0 Å². The Labute approximate surface area is 78.0 Å². The lowest BCUT2D eigenvalue weighted by Crippen LogP contribution is -1.78. The van der Waals surface area contributed by atoms with Gasteiger partial charge in [0.25, 0.3) is 0 Å². The molecule has 3 nitrogen and oxygen atoms in total. The highest BCUT2D eigenvalue weighted by Crippen LogP contribution is 2.22. The number of imidazole rings is 1. The predicted molar refractivity (Wildman–Crippen MR) is 49.5 cm³/mol. The highest BCUT2D eigenvalue weighted by atomic mass is 79.9. The summed E-state index contributed by atoms with van der Waals surface area (Å²) in [6, 6.07) is 3.85. The number of aromatic amines is 1. The molecule has 0 spiro atoms. The third-order valence-electron chi connectivity index (χ3n) is 1.53. The van der Waals surface area contributed by atoms with Crippen molar-refractivity contribution in [2.24, 2.45) is 0 Å². The van der Waals surface area contributed by atoms with Gasteiger partial charge in [-0.05, 0) is 28.1 Å². The first-order valence-corrected chi connectivity index (χ1v) is 4.26. The number of pyridine rings is 1. The molecule has 0 aromatic carbocycles. The Bertz CT molecular complexity index is 369. The van der Waals surface area contributed by atoms with E-state index in [-0.39, 0.29) is 0 Å². The van der Waals surface area contributed by atoms with Crippen LogP contribution in [0, 0.1) is 0 Å². The minimum atomic E-state index is 0.885.